The third kappa shape index (κ3) is 3.11. The summed E-state index contributed by atoms with van der Waals surface area (Å²) >= 11 is 0. The standard InChI is InChI=1S/C17H24O3/c1-12-6-4-5-7-14(12)15-9-8-13(10-19-2)16(11-20-3)17(15)18/h4-9,13,15-18H,10-11H2,1-3H3/t13-,15+,16+,17-/m1/s1. The molecule has 3 heteroatoms. The van der Waals surface area contributed by atoms with Crippen LogP contribution in [-0.2, 0) is 9.47 Å². The van der Waals surface area contributed by atoms with Gasteiger partial charge in [-0.3, -0.25) is 0 Å². The van der Waals surface area contributed by atoms with Crippen LogP contribution in [0.2, 0.25) is 0 Å². The van der Waals surface area contributed by atoms with Gasteiger partial charge in [0.05, 0.1) is 19.3 Å². The van der Waals surface area contributed by atoms with Crippen LogP contribution in [0.15, 0.2) is 36.4 Å². The van der Waals surface area contributed by atoms with E-state index in [9.17, 15) is 5.11 Å². The van der Waals surface area contributed by atoms with Gasteiger partial charge >= 0.3 is 0 Å². The number of aryl methyl sites for hydroxylation is 1. The number of rotatable bonds is 5. The van der Waals surface area contributed by atoms with E-state index in [-0.39, 0.29) is 17.8 Å². The summed E-state index contributed by atoms with van der Waals surface area (Å²) in [6.07, 6.45) is 3.83. The van der Waals surface area contributed by atoms with Crippen molar-refractivity contribution >= 4 is 0 Å². The molecular weight excluding hydrogens is 252 g/mol. The molecule has 0 aromatic heterocycles. The van der Waals surface area contributed by atoms with Crippen molar-refractivity contribution in [2.45, 2.75) is 18.9 Å². The largest absolute Gasteiger partial charge is 0.392 e. The molecule has 1 aliphatic rings. The van der Waals surface area contributed by atoms with Crippen LogP contribution in [-0.4, -0.2) is 38.6 Å². The van der Waals surface area contributed by atoms with E-state index in [2.05, 4.69) is 31.2 Å². The first-order valence-corrected chi connectivity index (χ1v) is 7.08. The molecule has 2 rings (SSSR count). The van der Waals surface area contributed by atoms with E-state index in [4.69, 9.17) is 9.47 Å². The summed E-state index contributed by atoms with van der Waals surface area (Å²) in [6, 6.07) is 8.23. The van der Waals surface area contributed by atoms with E-state index < -0.39 is 6.10 Å². The Bertz CT molecular complexity index is 455. The topological polar surface area (TPSA) is 38.7 Å². The molecular formula is C17H24O3. The lowest BCUT2D eigenvalue weighted by atomic mass is 9.74. The van der Waals surface area contributed by atoms with Gasteiger partial charge in [0, 0.05) is 32.0 Å². The number of hydrogen-bond donors (Lipinski definition) is 1. The molecule has 1 aromatic carbocycles. The first-order valence-electron chi connectivity index (χ1n) is 7.08. The van der Waals surface area contributed by atoms with Gasteiger partial charge < -0.3 is 14.6 Å². The molecule has 0 amide bonds. The lowest BCUT2D eigenvalue weighted by Crippen LogP contribution is -2.39. The molecule has 20 heavy (non-hydrogen) atoms. The predicted octanol–water partition coefficient (Wildman–Crippen LogP) is 2.53. The minimum atomic E-state index is -0.443. The fraction of sp³-hybridized carbons (Fsp3) is 0.529. The highest BCUT2D eigenvalue weighted by atomic mass is 16.5. The first kappa shape index (κ1) is 15.2. The number of ether oxygens (including phenoxy) is 2. The molecule has 1 N–H and O–H groups in total. The second kappa shape index (κ2) is 7.02. The van der Waals surface area contributed by atoms with Crippen molar-refractivity contribution in [3.8, 4) is 0 Å². The Morgan fingerprint density at radius 2 is 1.75 bits per heavy atom. The van der Waals surface area contributed by atoms with Gasteiger partial charge in [0.25, 0.3) is 0 Å². The molecule has 0 aliphatic heterocycles. The Labute approximate surface area is 121 Å². The minimum absolute atomic E-state index is 0.0319. The maximum absolute atomic E-state index is 10.7. The molecule has 0 bridgehead atoms. The Kier molecular flexibility index (Phi) is 5.35. The predicted molar refractivity (Wildman–Crippen MR) is 79.8 cm³/mol. The minimum Gasteiger partial charge on any atom is -0.392 e. The fourth-order valence-corrected chi connectivity index (χ4v) is 3.07. The highest BCUT2D eigenvalue weighted by molar-refractivity contribution is 5.34. The quantitative estimate of drug-likeness (QED) is 0.840. The lowest BCUT2D eigenvalue weighted by Gasteiger charge is -2.36. The summed E-state index contributed by atoms with van der Waals surface area (Å²) in [7, 11) is 3.37. The Balaban J connectivity index is 2.28. The van der Waals surface area contributed by atoms with Gasteiger partial charge in [-0.1, -0.05) is 36.4 Å². The van der Waals surface area contributed by atoms with Crippen LogP contribution >= 0.6 is 0 Å². The first-order chi connectivity index (χ1) is 9.69. The van der Waals surface area contributed by atoms with Crippen molar-refractivity contribution in [2.75, 3.05) is 27.4 Å². The third-order valence-electron chi connectivity index (χ3n) is 4.19. The molecule has 0 radical (unpaired) electrons. The molecule has 3 nitrogen and oxygen atoms in total. The van der Waals surface area contributed by atoms with Crippen molar-refractivity contribution in [3.05, 3.63) is 47.5 Å². The number of aliphatic hydroxyl groups excluding tert-OH is 1. The summed E-state index contributed by atoms with van der Waals surface area (Å²) in [5.74, 6) is 0.300. The highest BCUT2D eigenvalue weighted by Crippen LogP contribution is 2.36. The van der Waals surface area contributed by atoms with Crippen LogP contribution in [0, 0.1) is 18.8 Å². The summed E-state index contributed by atoms with van der Waals surface area (Å²) in [6.45, 7) is 3.24. The molecule has 0 heterocycles. The Morgan fingerprint density at radius 1 is 1.05 bits per heavy atom. The van der Waals surface area contributed by atoms with Crippen LogP contribution in [0.5, 0.6) is 0 Å². The zero-order valence-corrected chi connectivity index (χ0v) is 12.5. The lowest BCUT2D eigenvalue weighted by molar-refractivity contribution is -0.00591. The molecule has 1 aliphatic carbocycles. The van der Waals surface area contributed by atoms with Gasteiger partial charge in [0.1, 0.15) is 0 Å². The van der Waals surface area contributed by atoms with Gasteiger partial charge in [-0.25, -0.2) is 0 Å². The maximum Gasteiger partial charge on any atom is 0.0700 e. The second-order valence-corrected chi connectivity index (χ2v) is 5.50. The zero-order valence-electron chi connectivity index (χ0n) is 12.5. The van der Waals surface area contributed by atoms with E-state index in [1.54, 1.807) is 14.2 Å². The van der Waals surface area contributed by atoms with Gasteiger partial charge in [0.15, 0.2) is 0 Å². The number of aliphatic hydroxyl groups is 1. The SMILES string of the molecule is COC[C@@H]1[C@H](O)[C@H](c2ccccc2C)C=C[C@@H]1COC. The van der Waals surface area contributed by atoms with E-state index >= 15 is 0 Å². The maximum atomic E-state index is 10.7. The van der Waals surface area contributed by atoms with Crippen molar-refractivity contribution in [3.63, 3.8) is 0 Å². The van der Waals surface area contributed by atoms with Gasteiger partial charge in [0.2, 0.25) is 0 Å². The van der Waals surface area contributed by atoms with Crippen LogP contribution < -0.4 is 0 Å². The summed E-state index contributed by atoms with van der Waals surface area (Å²) < 4.78 is 10.5. The summed E-state index contributed by atoms with van der Waals surface area (Å²) in [5.41, 5.74) is 2.40. The normalized spacial score (nSPS) is 29.6. The van der Waals surface area contributed by atoms with E-state index in [0.717, 1.165) is 0 Å². The number of benzene rings is 1. The average molecular weight is 276 g/mol. The van der Waals surface area contributed by atoms with Crippen LogP contribution in [0.3, 0.4) is 0 Å². The fourth-order valence-electron chi connectivity index (χ4n) is 3.07. The summed E-state index contributed by atoms with van der Waals surface area (Å²) in [4.78, 5) is 0. The van der Waals surface area contributed by atoms with Gasteiger partial charge in [-0.15, -0.1) is 0 Å². The van der Waals surface area contributed by atoms with Crippen molar-refractivity contribution in [2.24, 2.45) is 11.8 Å². The van der Waals surface area contributed by atoms with Crippen molar-refractivity contribution < 1.29 is 14.6 Å². The highest BCUT2D eigenvalue weighted by Gasteiger charge is 2.36. The van der Waals surface area contributed by atoms with Crippen LogP contribution in [0.4, 0.5) is 0 Å². The van der Waals surface area contributed by atoms with E-state index in [0.29, 0.717) is 13.2 Å². The molecule has 110 valence electrons. The van der Waals surface area contributed by atoms with E-state index in [1.165, 1.54) is 11.1 Å². The monoisotopic (exact) mass is 276 g/mol. The molecule has 0 saturated carbocycles. The Morgan fingerprint density at radius 3 is 2.40 bits per heavy atom. The van der Waals surface area contributed by atoms with Gasteiger partial charge in [-0.05, 0) is 18.1 Å². The zero-order chi connectivity index (χ0) is 14.5. The molecule has 0 fully saturated rings. The smallest absolute Gasteiger partial charge is 0.0700 e. The Hall–Kier alpha value is -1.16. The number of methoxy groups -OCH3 is 2. The molecule has 0 spiro atoms. The second-order valence-electron chi connectivity index (χ2n) is 5.50. The summed E-state index contributed by atoms with van der Waals surface area (Å²) in [5, 5.41) is 10.7. The van der Waals surface area contributed by atoms with Crippen LogP contribution in [0.1, 0.15) is 17.0 Å². The van der Waals surface area contributed by atoms with Crippen LogP contribution in [0.25, 0.3) is 0 Å². The van der Waals surface area contributed by atoms with Gasteiger partial charge in [-0.2, -0.15) is 0 Å². The number of hydrogen-bond acceptors (Lipinski definition) is 3. The molecule has 4 atom stereocenters. The van der Waals surface area contributed by atoms with Crippen molar-refractivity contribution in [1.82, 2.24) is 0 Å². The van der Waals surface area contributed by atoms with Crippen molar-refractivity contribution in [1.29, 1.82) is 0 Å². The molecule has 0 saturated heterocycles. The molecule has 1 aromatic rings. The third-order valence-corrected chi connectivity index (χ3v) is 4.19. The van der Waals surface area contributed by atoms with E-state index in [1.807, 2.05) is 12.1 Å². The molecule has 0 unspecified atom stereocenters. The average Bonchev–Trinajstić information content (AvgIpc) is 2.44.